The molecular formula is C11H12F2O3S. The molecule has 0 aromatic heterocycles. The molecule has 3 nitrogen and oxygen atoms in total. The number of halogens is 2. The van der Waals surface area contributed by atoms with Crippen LogP contribution in [0.1, 0.15) is 12.0 Å². The van der Waals surface area contributed by atoms with Crippen molar-refractivity contribution in [3.05, 3.63) is 35.4 Å². The third-order valence-electron chi connectivity index (χ3n) is 2.89. The van der Waals surface area contributed by atoms with Gasteiger partial charge in [0.25, 0.3) is 0 Å². The Kier molecular flexibility index (Phi) is 2.95. The fourth-order valence-electron chi connectivity index (χ4n) is 2.07. The van der Waals surface area contributed by atoms with Gasteiger partial charge in [-0.1, -0.05) is 0 Å². The minimum absolute atomic E-state index is 0.00426. The zero-order valence-electron chi connectivity index (χ0n) is 8.99. The molecule has 0 bridgehead atoms. The quantitative estimate of drug-likeness (QED) is 0.867. The van der Waals surface area contributed by atoms with Crippen LogP contribution >= 0.6 is 0 Å². The number of hydrogen-bond acceptors (Lipinski definition) is 3. The Balaban J connectivity index is 2.24. The lowest BCUT2D eigenvalue weighted by Gasteiger charge is -2.20. The molecule has 2 rings (SSSR count). The Hall–Kier alpha value is -1.01. The normalized spacial score (nSPS) is 27.2. The molecule has 1 saturated heterocycles. The molecule has 1 aromatic carbocycles. The van der Waals surface area contributed by atoms with Gasteiger partial charge >= 0.3 is 0 Å². The van der Waals surface area contributed by atoms with Crippen LogP contribution in [0.15, 0.2) is 18.2 Å². The van der Waals surface area contributed by atoms with E-state index in [1.165, 1.54) is 0 Å². The van der Waals surface area contributed by atoms with Crippen molar-refractivity contribution in [3.8, 4) is 0 Å². The molecule has 1 aliphatic rings. The number of hydrogen-bond donors (Lipinski definition) is 1. The minimum Gasteiger partial charge on any atom is -0.388 e. The van der Waals surface area contributed by atoms with E-state index < -0.39 is 32.8 Å². The van der Waals surface area contributed by atoms with Gasteiger partial charge in [-0.15, -0.1) is 0 Å². The Morgan fingerprint density at radius 2 is 2.06 bits per heavy atom. The van der Waals surface area contributed by atoms with E-state index in [9.17, 15) is 22.3 Å². The molecule has 0 aliphatic carbocycles. The van der Waals surface area contributed by atoms with Gasteiger partial charge in [-0.25, -0.2) is 17.2 Å². The standard InChI is InChI=1S/C11H12F2O3S/c12-9-1-2-10(13)8(5-9)6-11(14)3-4-17(15,16)7-11/h1-2,5,14H,3-4,6-7H2. The van der Waals surface area contributed by atoms with Crippen LogP contribution in [-0.2, 0) is 16.3 Å². The van der Waals surface area contributed by atoms with E-state index in [0.717, 1.165) is 18.2 Å². The van der Waals surface area contributed by atoms with Crippen molar-refractivity contribution >= 4 is 9.84 Å². The van der Waals surface area contributed by atoms with Crippen molar-refractivity contribution in [3.63, 3.8) is 0 Å². The predicted molar refractivity (Wildman–Crippen MR) is 58.3 cm³/mol. The topological polar surface area (TPSA) is 54.4 Å². The van der Waals surface area contributed by atoms with Gasteiger partial charge < -0.3 is 5.11 Å². The summed E-state index contributed by atoms with van der Waals surface area (Å²) < 4.78 is 48.8. The van der Waals surface area contributed by atoms with E-state index in [1.54, 1.807) is 0 Å². The van der Waals surface area contributed by atoms with Gasteiger partial charge in [0.15, 0.2) is 9.84 Å². The summed E-state index contributed by atoms with van der Waals surface area (Å²) in [6.07, 6.45) is -0.124. The van der Waals surface area contributed by atoms with Crippen molar-refractivity contribution in [2.45, 2.75) is 18.4 Å². The van der Waals surface area contributed by atoms with E-state index in [1.807, 2.05) is 0 Å². The summed E-state index contributed by atoms with van der Waals surface area (Å²) in [6.45, 7) is 0. The molecule has 94 valence electrons. The molecule has 1 heterocycles. The molecular weight excluding hydrogens is 250 g/mol. The van der Waals surface area contributed by atoms with Gasteiger partial charge in [-0.2, -0.15) is 0 Å². The van der Waals surface area contributed by atoms with E-state index in [-0.39, 0.29) is 24.2 Å². The van der Waals surface area contributed by atoms with Crippen molar-refractivity contribution in [2.75, 3.05) is 11.5 Å². The summed E-state index contributed by atoms with van der Waals surface area (Å²) in [6, 6.07) is 2.93. The van der Waals surface area contributed by atoms with Crippen molar-refractivity contribution < 1.29 is 22.3 Å². The first-order valence-electron chi connectivity index (χ1n) is 5.16. The van der Waals surface area contributed by atoms with E-state index in [4.69, 9.17) is 0 Å². The van der Waals surface area contributed by atoms with Gasteiger partial charge in [-0.05, 0) is 30.2 Å². The fourth-order valence-corrected chi connectivity index (χ4v) is 3.97. The highest BCUT2D eigenvalue weighted by Gasteiger charge is 2.41. The minimum atomic E-state index is -3.26. The maximum absolute atomic E-state index is 13.4. The van der Waals surface area contributed by atoms with Crippen LogP contribution in [0.3, 0.4) is 0 Å². The van der Waals surface area contributed by atoms with E-state index in [2.05, 4.69) is 0 Å². The smallest absolute Gasteiger partial charge is 0.153 e. The van der Waals surface area contributed by atoms with Crippen LogP contribution in [0.4, 0.5) is 8.78 Å². The molecule has 0 saturated carbocycles. The molecule has 1 fully saturated rings. The van der Waals surface area contributed by atoms with Crippen LogP contribution in [0, 0.1) is 11.6 Å². The van der Waals surface area contributed by atoms with Crippen LogP contribution in [-0.4, -0.2) is 30.6 Å². The molecule has 0 amide bonds. The highest BCUT2D eigenvalue weighted by molar-refractivity contribution is 7.91. The van der Waals surface area contributed by atoms with Crippen molar-refractivity contribution in [2.24, 2.45) is 0 Å². The number of rotatable bonds is 2. The highest BCUT2D eigenvalue weighted by atomic mass is 32.2. The average Bonchev–Trinajstić information content (AvgIpc) is 2.47. The average molecular weight is 262 g/mol. The number of sulfone groups is 1. The van der Waals surface area contributed by atoms with Crippen LogP contribution in [0.25, 0.3) is 0 Å². The first-order valence-corrected chi connectivity index (χ1v) is 6.99. The van der Waals surface area contributed by atoms with Crippen LogP contribution in [0.2, 0.25) is 0 Å². The summed E-state index contributed by atoms with van der Waals surface area (Å²) >= 11 is 0. The molecule has 1 N–H and O–H groups in total. The molecule has 6 heteroatoms. The zero-order chi connectivity index (χ0) is 12.7. The summed E-state index contributed by atoms with van der Waals surface area (Å²) in [5.74, 6) is -1.74. The second-order valence-corrected chi connectivity index (χ2v) is 6.66. The number of benzene rings is 1. The second kappa shape index (κ2) is 4.03. The predicted octanol–water partition coefficient (Wildman–Crippen LogP) is 1.06. The lowest BCUT2D eigenvalue weighted by molar-refractivity contribution is 0.0672. The van der Waals surface area contributed by atoms with Crippen molar-refractivity contribution in [1.29, 1.82) is 0 Å². The van der Waals surface area contributed by atoms with Gasteiger partial charge in [0.05, 0.1) is 17.1 Å². The first kappa shape index (κ1) is 12.4. The van der Waals surface area contributed by atoms with Gasteiger partial charge in [0, 0.05) is 6.42 Å². The largest absolute Gasteiger partial charge is 0.388 e. The molecule has 1 aromatic rings. The summed E-state index contributed by atoms with van der Waals surface area (Å²) in [4.78, 5) is 0. The van der Waals surface area contributed by atoms with Gasteiger partial charge in [0.1, 0.15) is 11.6 Å². The Morgan fingerprint density at radius 3 is 2.65 bits per heavy atom. The van der Waals surface area contributed by atoms with E-state index in [0.29, 0.717) is 0 Å². The zero-order valence-corrected chi connectivity index (χ0v) is 9.80. The van der Waals surface area contributed by atoms with Gasteiger partial charge in [-0.3, -0.25) is 0 Å². The molecule has 0 spiro atoms. The fraction of sp³-hybridized carbons (Fsp3) is 0.455. The lowest BCUT2D eigenvalue weighted by atomic mass is 9.94. The summed E-state index contributed by atoms with van der Waals surface area (Å²) in [7, 11) is -3.26. The van der Waals surface area contributed by atoms with Crippen LogP contribution in [0.5, 0.6) is 0 Å². The maximum Gasteiger partial charge on any atom is 0.153 e. The second-order valence-electron chi connectivity index (χ2n) is 4.48. The molecule has 1 atom stereocenters. The summed E-state index contributed by atoms with van der Waals surface area (Å²) in [5.41, 5.74) is -1.47. The maximum atomic E-state index is 13.4. The molecule has 0 radical (unpaired) electrons. The van der Waals surface area contributed by atoms with Crippen molar-refractivity contribution in [1.82, 2.24) is 0 Å². The van der Waals surface area contributed by atoms with Gasteiger partial charge in [0.2, 0.25) is 0 Å². The first-order chi connectivity index (χ1) is 7.80. The molecule has 1 unspecified atom stereocenters. The molecule has 17 heavy (non-hydrogen) atoms. The highest BCUT2D eigenvalue weighted by Crippen LogP contribution is 2.28. The van der Waals surface area contributed by atoms with Crippen LogP contribution < -0.4 is 0 Å². The number of aliphatic hydroxyl groups is 1. The Labute approximate surface area is 98.0 Å². The Morgan fingerprint density at radius 1 is 1.35 bits per heavy atom. The third-order valence-corrected chi connectivity index (χ3v) is 4.70. The SMILES string of the molecule is O=S1(=O)CCC(O)(Cc2cc(F)ccc2F)C1. The summed E-state index contributed by atoms with van der Waals surface area (Å²) in [5, 5.41) is 10.0. The Bertz CT molecular complexity index is 542. The third kappa shape index (κ3) is 2.81. The van der Waals surface area contributed by atoms with E-state index >= 15 is 0 Å². The monoisotopic (exact) mass is 262 g/mol. The molecule has 1 aliphatic heterocycles. The lowest BCUT2D eigenvalue weighted by Crippen LogP contribution is -2.33.